The molecule has 1 unspecified atom stereocenters. The molecule has 0 radical (unpaired) electrons. The monoisotopic (exact) mass is 482 g/mol. The third-order valence-corrected chi connectivity index (χ3v) is 7.10. The Balaban J connectivity index is 1.17. The van der Waals surface area contributed by atoms with Crippen molar-refractivity contribution in [1.29, 1.82) is 0 Å². The number of aliphatic hydroxyl groups excluding tert-OH is 1. The van der Waals surface area contributed by atoms with E-state index >= 15 is 0 Å². The molecule has 6 rings (SSSR count). The number of hydrogen-bond acceptors (Lipinski definition) is 7. The fraction of sp³-hybridized carbons (Fsp3) is 0.440. The van der Waals surface area contributed by atoms with Gasteiger partial charge in [-0.3, -0.25) is 4.79 Å². The van der Waals surface area contributed by atoms with E-state index in [1.54, 1.807) is 6.07 Å². The standard InChI is InChI=1S/C25H27FN4O5/c26-17-9-18-19(10-22(28-18)35-21-12-34-24-20(32)11-33-25(21)24)29-23(17)14-1-3-16(4-2-14)30-7-5-15(6-8-30)27-13-31/h1-4,9-10,13,15,20-21,24-25,28,32H,5-8,11-12H2,(H,27,31)/t20-,21-,24?,25-/m1/s1. The van der Waals surface area contributed by atoms with Crippen LogP contribution in [0, 0.1) is 5.82 Å². The van der Waals surface area contributed by atoms with Crippen LogP contribution in [0.4, 0.5) is 10.1 Å². The maximum Gasteiger partial charge on any atom is 0.207 e. The van der Waals surface area contributed by atoms with Crippen LogP contribution in [0.2, 0.25) is 0 Å². The van der Waals surface area contributed by atoms with Gasteiger partial charge in [0.05, 0.1) is 24.2 Å². The number of hydrogen-bond donors (Lipinski definition) is 3. The molecule has 3 aliphatic heterocycles. The molecule has 3 aromatic rings. The summed E-state index contributed by atoms with van der Waals surface area (Å²) in [5.41, 5.74) is 3.15. The number of benzene rings is 1. The minimum atomic E-state index is -0.646. The molecule has 1 aromatic carbocycles. The molecular formula is C25H27FN4O5. The Bertz CT molecular complexity index is 1210. The predicted molar refractivity (Wildman–Crippen MR) is 126 cm³/mol. The third kappa shape index (κ3) is 4.22. The summed E-state index contributed by atoms with van der Waals surface area (Å²) >= 11 is 0. The molecular weight excluding hydrogens is 455 g/mol. The van der Waals surface area contributed by atoms with Gasteiger partial charge in [0.15, 0.2) is 17.8 Å². The molecule has 1 amide bonds. The Morgan fingerprint density at radius 3 is 2.69 bits per heavy atom. The zero-order valence-corrected chi connectivity index (χ0v) is 19.0. The van der Waals surface area contributed by atoms with E-state index in [0.29, 0.717) is 29.1 Å². The summed E-state index contributed by atoms with van der Waals surface area (Å²) in [6.07, 6.45) is 0.837. The van der Waals surface area contributed by atoms with Crippen LogP contribution in [0.3, 0.4) is 0 Å². The number of carbonyl (C=O) groups excluding carboxylic acids is 1. The number of piperidine rings is 1. The molecule has 4 atom stereocenters. The normalized spacial score (nSPS) is 26.7. The number of ether oxygens (including phenoxy) is 3. The highest BCUT2D eigenvalue weighted by atomic mass is 19.1. The average molecular weight is 483 g/mol. The van der Waals surface area contributed by atoms with Crippen LogP contribution in [0.1, 0.15) is 12.8 Å². The summed E-state index contributed by atoms with van der Waals surface area (Å²) in [4.78, 5) is 20.5. The minimum Gasteiger partial charge on any atom is -0.470 e. The van der Waals surface area contributed by atoms with Crippen molar-refractivity contribution < 1.29 is 28.5 Å². The van der Waals surface area contributed by atoms with E-state index in [0.717, 1.165) is 38.0 Å². The number of aromatic nitrogens is 2. The number of amides is 1. The lowest BCUT2D eigenvalue weighted by atomic mass is 10.0. The highest BCUT2D eigenvalue weighted by molar-refractivity contribution is 5.81. The molecule has 2 aromatic heterocycles. The highest BCUT2D eigenvalue weighted by Gasteiger charge is 2.48. The van der Waals surface area contributed by atoms with Crippen LogP contribution in [0.5, 0.6) is 5.88 Å². The zero-order chi connectivity index (χ0) is 23.9. The lowest BCUT2D eigenvalue weighted by Crippen LogP contribution is -2.42. The lowest BCUT2D eigenvalue weighted by Gasteiger charge is -2.33. The average Bonchev–Trinajstić information content (AvgIpc) is 3.56. The van der Waals surface area contributed by atoms with Crippen molar-refractivity contribution in [2.75, 3.05) is 31.2 Å². The number of fused-ring (bicyclic) bond motifs is 2. The SMILES string of the molecule is O=CNC1CCN(c2ccc(-c3nc4cc(O[C@@H]5COC6[C@H](O)CO[C@@H]65)[nH]c4cc3F)cc2)CC1. The summed E-state index contributed by atoms with van der Waals surface area (Å²) in [6.45, 7) is 2.25. The summed E-state index contributed by atoms with van der Waals surface area (Å²) in [6, 6.07) is 11.1. The number of pyridine rings is 1. The number of carbonyl (C=O) groups is 1. The molecule has 3 saturated heterocycles. The number of H-pyrrole nitrogens is 1. The van der Waals surface area contributed by atoms with Crippen LogP contribution >= 0.6 is 0 Å². The molecule has 9 nitrogen and oxygen atoms in total. The fourth-order valence-corrected chi connectivity index (χ4v) is 5.21. The Morgan fingerprint density at radius 1 is 1.14 bits per heavy atom. The number of nitrogens with zero attached hydrogens (tertiary/aromatic N) is 2. The first-order valence-electron chi connectivity index (χ1n) is 11.9. The fourth-order valence-electron chi connectivity index (χ4n) is 5.21. The number of nitrogens with one attached hydrogen (secondary N) is 2. The number of aromatic amines is 1. The topological polar surface area (TPSA) is 109 Å². The van der Waals surface area contributed by atoms with Gasteiger partial charge in [0.2, 0.25) is 6.41 Å². The zero-order valence-electron chi connectivity index (χ0n) is 19.0. The molecule has 5 heterocycles. The van der Waals surface area contributed by atoms with Crippen molar-refractivity contribution in [3.8, 4) is 17.1 Å². The van der Waals surface area contributed by atoms with Crippen molar-refractivity contribution in [3.05, 3.63) is 42.2 Å². The molecule has 184 valence electrons. The summed E-state index contributed by atoms with van der Waals surface area (Å²) in [7, 11) is 0. The van der Waals surface area contributed by atoms with Crippen molar-refractivity contribution in [1.82, 2.24) is 15.3 Å². The number of rotatable bonds is 6. The van der Waals surface area contributed by atoms with E-state index in [2.05, 4.69) is 20.2 Å². The van der Waals surface area contributed by atoms with Crippen LogP contribution in [-0.4, -0.2) is 78.2 Å². The summed E-state index contributed by atoms with van der Waals surface area (Å²) in [5, 5.41) is 12.8. The number of aliphatic hydroxyl groups is 1. The first-order chi connectivity index (χ1) is 17.1. The minimum absolute atomic E-state index is 0.225. The molecule has 10 heteroatoms. The van der Waals surface area contributed by atoms with Crippen LogP contribution < -0.4 is 15.0 Å². The van der Waals surface area contributed by atoms with Crippen LogP contribution in [0.15, 0.2) is 36.4 Å². The van der Waals surface area contributed by atoms with Crippen molar-refractivity contribution in [2.24, 2.45) is 0 Å². The lowest BCUT2D eigenvalue weighted by molar-refractivity contribution is -0.110. The van der Waals surface area contributed by atoms with Gasteiger partial charge in [-0.25, -0.2) is 9.37 Å². The largest absolute Gasteiger partial charge is 0.470 e. The number of anilines is 1. The van der Waals surface area contributed by atoms with E-state index < -0.39 is 11.9 Å². The number of halogens is 1. The Labute approximate surface area is 201 Å². The molecule has 0 bridgehead atoms. The maximum atomic E-state index is 15.0. The molecule has 3 N–H and O–H groups in total. The van der Waals surface area contributed by atoms with E-state index in [9.17, 15) is 14.3 Å². The van der Waals surface area contributed by atoms with Gasteiger partial charge in [-0.05, 0) is 25.0 Å². The van der Waals surface area contributed by atoms with Gasteiger partial charge in [-0.15, -0.1) is 0 Å². The van der Waals surface area contributed by atoms with Gasteiger partial charge in [-0.2, -0.15) is 0 Å². The van der Waals surface area contributed by atoms with Gasteiger partial charge in [-0.1, -0.05) is 12.1 Å². The molecule has 3 fully saturated rings. The molecule has 3 aliphatic rings. The maximum absolute atomic E-state index is 15.0. The van der Waals surface area contributed by atoms with Gasteiger partial charge >= 0.3 is 0 Å². The van der Waals surface area contributed by atoms with Crippen LogP contribution in [0.25, 0.3) is 22.3 Å². The molecule has 0 aliphatic carbocycles. The Morgan fingerprint density at radius 2 is 1.91 bits per heavy atom. The predicted octanol–water partition coefficient (Wildman–Crippen LogP) is 1.99. The second-order valence-corrected chi connectivity index (χ2v) is 9.30. The van der Waals surface area contributed by atoms with Crippen LogP contribution in [-0.2, 0) is 14.3 Å². The van der Waals surface area contributed by atoms with Gasteiger partial charge in [0, 0.05) is 42.5 Å². The Kier molecular flexibility index (Phi) is 5.79. The van der Waals surface area contributed by atoms with E-state index in [-0.39, 0.29) is 36.7 Å². The molecule has 35 heavy (non-hydrogen) atoms. The van der Waals surface area contributed by atoms with Crippen molar-refractivity contribution >= 4 is 23.1 Å². The van der Waals surface area contributed by atoms with Crippen molar-refractivity contribution in [3.63, 3.8) is 0 Å². The quantitative estimate of drug-likeness (QED) is 0.461. The van der Waals surface area contributed by atoms with E-state index in [1.807, 2.05) is 24.3 Å². The van der Waals surface area contributed by atoms with Gasteiger partial charge in [0.25, 0.3) is 0 Å². The first kappa shape index (κ1) is 22.3. The summed E-state index contributed by atoms with van der Waals surface area (Å²) in [5.74, 6) is 0.0250. The molecule has 0 spiro atoms. The van der Waals surface area contributed by atoms with E-state index in [1.165, 1.54) is 6.07 Å². The van der Waals surface area contributed by atoms with Crippen molar-refractivity contribution in [2.45, 2.75) is 43.3 Å². The first-order valence-corrected chi connectivity index (χ1v) is 11.9. The van der Waals surface area contributed by atoms with Gasteiger partial charge < -0.3 is 34.5 Å². The third-order valence-electron chi connectivity index (χ3n) is 7.10. The molecule has 0 saturated carbocycles. The smallest absolute Gasteiger partial charge is 0.207 e. The second-order valence-electron chi connectivity index (χ2n) is 9.30. The van der Waals surface area contributed by atoms with Gasteiger partial charge in [0.1, 0.15) is 24.0 Å². The second kappa shape index (κ2) is 9.10. The van der Waals surface area contributed by atoms with E-state index in [4.69, 9.17) is 14.2 Å². The Hall–Kier alpha value is -3.21. The highest BCUT2D eigenvalue weighted by Crippen LogP contribution is 2.32. The summed E-state index contributed by atoms with van der Waals surface area (Å²) < 4.78 is 32.2.